The summed E-state index contributed by atoms with van der Waals surface area (Å²) in [4.78, 5) is 60.8. The van der Waals surface area contributed by atoms with Crippen LogP contribution in [0.3, 0.4) is 0 Å². The second-order valence-electron chi connectivity index (χ2n) is 12.8. The van der Waals surface area contributed by atoms with Gasteiger partial charge >= 0.3 is 12.1 Å². The van der Waals surface area contributed by atoms with Crippen LogP contribution in [0.5, 0.6) is 5.75 Å². The van der Waals surface area contributed by atoms with Gasteiger partial charge in [0.2, 0.25) is 5.91 Å². The average Bonchev–Trinajstić information content (AvgIpc) is 3.75. The lowest BCUT2D eigenvalue weighted by Gasteiger charge is -2.26. The number of ketones is 1. The molecule has 1 fully saturated rings. The summed E-state index contributed by atoms with van der Waals surface area (Å²) in [5.74, 6) is -1.09. The number of halogens is 3. The molecular formula is C38H46F3N5O6. The van der Waals surface area contributed by atoms with Crippen LogP contribution in [0.1, 0.15) is 98.2 Å². The number of piperidine rings is 1. The van der Waals surface area contributed by atoms with Crippen molar-refractivity contribution in [1.29, 1.82) is 0 Å². The SMILES string of the molecule is CCC(=O)CCCCCC(NC(=O)Cc1c(C)[nH]c2ccc(OC)cc12)c1ncc(-c2cccc(C(=O)N3CCCCC3)c2)[nH]1.O=C(O)C(F)(F)F. The molecule has 280 valence electrons. The van der Waals surface area contributed by atoms with E-state index in [1.807, 2.05) is 61.2 Å². The molecule has 3 heterocycles. The summed E-state index contributed by atoms with van der Waals surface area (Å²) in [5, 5.41) is 11.3. The van der Waals surface area contributed by atoms with Gasteiger partial charge in [-0.3, -0.25) is 14.4 Å². The van der Waals surface area contributed by atoms with E-state index in [0.29, 0.717) is 30.7 Å². The number of methoxy groups -OCH3 is 1. The van der Waals surface area contributed by atoms with Gasteiger partial charge in [0.15, 0.2) is 0 Å². The van der Waals surface area contributed by atoms with Crippen LogP contribution < -0.4 is 10.1 Å². The minimum absolute atomic E-state index is 0.0631. The van der Waals surface area contributed by atoms with Crippen LogP contribution in [0.15, 0.2) is 48.7 Å². The molecule has 0 radical (unpaired) electrons. The quantitative estimate of drug-likeness (QED) is 0.0983. The van der Waals surface area contributed by atoms with Crippen LogP contribution in [-0.2, 0) is 20.8 Å². The molecule has 11 nitrogen and oxygen atoms in total. The van der Waals surface area contributed by atoms with Gasteiger partial charge in [0.05, 0.1) is 31.5 Å². The van der Waals surface area contributed by atoms with Crippen molar-refractivity contribution in [3.8, 4) is 17.0 Å². The second kappa shape index (κ2) is 18.4. The molecule has 0 bridgehead atoms. The molecule has 2 aromatic carbocycles. The van der Waals surface area contributed by atoms with Crippen LogP contribution in [0.4, 0.5) is 13.2 Å². The number of hydrogen-bond donors (Lipinski definition) is 4. The van der Waals surface area contributed by atoms with Gasteiger partial charge in [-0.2, -0.15) is 13.2 Å². The fourth-order valence-corrected chi connectivity index (χ4v) is 6.18. The summed E-state index contributed by atoms with van der Waals surface area (Å²) >= 11 is 0. The van der Waals surface area contributed by atoms with Crippen LogP contribution >= 0.6 is 0 Å². The number of carboxylic acid groups (broad SMARTS) is 1. The highest BCUT2D eigenvalue weighted by atomic mass is 19.4. The molecule has 14 heteroatoms. The largest absolute Gasteiger partial charge is 0.497 e. The number of likely N-dealkylation sites (tertiary alicyclic amines) is 1. The molecule has 0 saturated carbocycles. The number of carbonyl (C=O) groups excluding carboxylic acids is 3. The van der Waals surface area contributed by atoms with Crippen molar-refractivity contribution in [1.82, 2.24) is 25.2 Å². The molecule has 0 aliphatic carbocycles. The number of amides is 2. The van der Waals surface area contributed by atoms with E-state index < -0.39 is 12.1 Å². The summed E-state index contributed by atoms with van der Waals surface area (Å²) < 4.78 is 37.2. The lowest BCUT2D eigenvalue weighted by atomic mass is 10.0. The van der Waals surface area contributed by atoms with Gasteiger partial charge in [0.25, 0.3) is 5.91 Å². The lowest BCUT2D eigenvalue weighted by Crippen LogP contribution is -2.35. The van der Waals surface area contributed by atoms with Gasteiger partial charge in [0.1, 0.15) is 17.4 Å². The molecule has 1 saturated heterocycles. The molecule has 5 rings (SSSR count). The Kier molecular flexibility index (Phi) is 14.0. The summed E-state index contributed by atoms with van der Waals surface area (Å²) in [6.45, 7) is 5.48. The van der Waals surface area contributed by atoms with Crippen LogP contribution in [0.25, 0.3) is 22.2 Å². The van der Waals surface area contributed by atoms with Crippen molar-refractivity contribution in [2.75, 3.05) is 20.2 Å². The number of nitrogens with one attached hydrogen (secondary N) is 3. The van der Waals surface area contributed by atoms with Crippen molar-refractivity contribution in [3.05, 3.63) is 71.3 Å². The number of unbranched alkanes of at least 4 members (excludes halogenated alkanes) is 2. The molecule has 1 unspecified atom stereocenters. The third kappa shape index (κ3) is 10.9. The normalized spacial score (nSPS) is 13.6. The highest BCUT2D eigenvalue weighted by molar-refractivity contribution is 5.95. The highest BCUT2D eigenvalue weighted by Gasteiger charge is 2.38. The Hall–Kier alpha value is -5.14. The monoisotopic (exact) mass is 725 g/mol. The smallest absolute Gasteiger partial charge is 0.490 e. The number of aromatic amines is 2. The number of carboxylic acids is 1. The standard InChI is InChI=1S/C36H45N5O4.C2HF3O2/c1-4-27(42)14-7-5-8-15-32(39-34(43)22-29-24(2)38-31-17-16-28(45-3)21-30(29)31)35-37-23-33(40-35)25-12-11-13-26(20-25)36(44)41-18-9-6-10-19-41;3-2(4,5)1(6)7/h11-13,16-17,20-21,23,32,38H,4-10,14-15,18-19,22H2,1-3H3,(H,37,40)(H,39,43);(H,6,7). The zero-order valence-electron chi connectivity index (χ0n) is 29.7. The van der Waals surface area contributed by atoms with Gasteiger partial charge in [0, 0.05) is 53.7 Å². The van der Waals surface area contributed by atoms with Crippen molar-refractivity contribution in [2.24, 2.45) is 0 Å². The predicted molar refractivity (Wildman–Crippen MR) is 190 cm³/mol. The van der Waals surface area contributed by atoms with Crippen LogP contribution in [-0.4, -0.2) is 74.9 Å². The van der Waals surface area contributed by atoms with E-state index in [9.17, 15) is 27.6 Å². The Balaban J connectivity index is 0.000000785. The molecule has 0 spiro atoms. The first-order valence-electron chi connectivity index (χ1n) is 17.5. The van der Waals surface area contributed by atoms with Crippen molar-refractivity contribution < 1.29 is 42.2 Å². The van der Waals surface area contributed by atoms with E-state index in [1.54, 1.807) is 13.3 Å². The number of carbonyl (C=O) groups is 4. The van der Waals surface area contributed by atoms with Gasteiger partial charge in [-0.25, -0.2) is 9.78 Å². The third-order valence-corrected chi connectivity index (χ3v) is 9.07. The Morgan fingerprint density at radius 1 is 1.02 bits per heavy atom. The maximum atomic E-state index is 13.5. The Bertz CT molecular complexity index is 1840. The number of Topliss-reactive ketones (excluding diaryl/α,β-unsaturated/α-hetero) is 1. The number of ether oxygens (including phenoxy) is 1. The van der Waals surface area contributed by atoms with Gasteiger partial charge in [-0.05, 0) is 74.9 Å². The minimum atomic E-state index is -5.08. The highest BCUT2D eigenvalue weighted by Crippen LogP contribution is 2.28. The topological polar surface area (TPSA) is 157 Å². The number of hydrogen-bond acceptors (Lipinski definition) is 6. The summed E-state index contributed by atoms with van der Waals surface area (Å²) in [6, 6.07) is 13.2. The number of nitrogens with zero attached hydrogens (tertiary/aromatic N) is 2. The third-order valence-electron chi connectivity index (χ3n) is 9.07. The Morgan fingerprint density at radius 2 is 1.75 bits per heavy atom. The lowest BCUT2D eigenvalue weighted by molar-refractivity contribution is -0.192. The molecular weight excluding hydrogens is 679 g/mol. The molecule has 52 heavy (non-hydrogen) atoms. The Labute approximate surface area is 300 Å². The van der Waals surface area contributed by atoms with E-state index in [2.05, 4.69) is 15.3 Å². The first-order chi connectivity index (χ1) is 24.8. The molecule has 2 aromatic heterocycles. The van der Waals surface area contributed by atoms with Crippen molar-refractivity contribution in [2.45, 2.75) is 90.3 Å². The number of imidazole rings is 1. The molecule has 2 amide bonds. The number of H-pyrrole nitrogens is 2. The van der Waals surface area contributed by atoms with Crippen molar-refractivity contribution >= 4 is 34.5 Å². The molecule has 1 atom stereocenters. The fraction of sp³-hybridized carbons (Fsp3) is 0.447. The first-order valence-corrected chi connectivity index (χ1v) is 17.5. The number of rotatable bonds is 14. The number of aromatic nitrogens is 3. The Morgan fingerprint density at radius 3 is 2.42 bits per heavy atom. The molecule has 4 aromatic rings. The number of fused-ring (bicyclic) bond motifs is 1. The predicted octanol–water partition coefficient (Wildman–Crippen LogP) is 7.46. The second-order valence-corrected chi connectivity index (χ2v) is 12.8. The number of benzene rings is 2. The zero-order valence-corrected chi connectivity index (χ0v) is 29.7. The molecule has 1 aliphatic heterocycles. The van der Waals surface area contributed by atoms with E-state index in [-0.39, 0.29) is 30.1 Å². The number of alkyl halides is 3. The first kappa shape index (κ1) is 39.6. The van der Waals surface area contributed by atoms with Crippen LogP contribution in [0.2, 0.25) is 0 Å². The summed E-state index contributed by atoms with van der Waals surface area (Å²) in [6.07, 6.45) is 4.60. The maximum absolute atomic E-state index is 13.5. The fourth-order valence-electron chi connectivity index (χ4n) is 6.18. The van der Waals surface area contributed by atoms with E-state index >= 15 is 0 Å². The minimum Gasteiger partial charge on any atom is -0.497 e. The van der Waals surface area contributed by atoms with Gasteiger partial charge in [-0.15, -0.1) is 0 Å². The summed E-state index contributed by atoms with van der Waals surface area (Å²) in [5.41, 5.74) is 5.20. The van der Waals surface area contributed by atoms with Gasteiger partial charge in [-0.1, -0.05) is 31.9 Å². The van der Waals surface area contributed by atoms with Crippen molar-refractivity contribution in [3.63, 3.8) is 0 Å². The average molecular weight is 726 g/mol. The zero-order chi connectivity index (χ0) is 37.8. The van der Waals surface area contributed by atoms with E-state index in [1.165, 1.54) is 6.42 Å². The van der Waals surface area contributed by atoms with E-state index in [0.717, 1.165) is 84.4 Å². The number of aryl methyl sites for hydroxylation is 1. The molecule has 4 N–H and O–H groups in total. The van der Waals surface area contributed by atoms with Gasteiger partial charge < -0.3 is 30.0 Å². The maximum Gasteiger partial charge on any atom is 0.490 e. The molecule has 1 aliphatic rings. The number of aliphatic carboxylic acids is 1. The van der Waals surface area contributed by atoms with Crippen LogP contribution in [0, 0.1) is 6.92 Å². The van der Waals surface area contributed by atoms with E-state index in [4.69, 9.17) is 19.6 Å². The summed E-state index contributed by atoms with van der Waals surface area (Å²) in [7, 11) is 1.64.